The molecule has 1 aliphatic carbocycles. The van der Waals surface area contributed by atoms with Crippen LogP contribution in [0.2, 0.25) is 0 Å². The molecule has 1 saturated carbocycles. The number of nitrogens with one attached hydrogen (secondary N) is 1. The zero-order chi connectivity index (χ0) is 16.2. The van der Waals surface area contributed by atoms with E-state index in [1.165, 1.54) is 38.2 Å². The number of nitrogens with zero attached hydrogens (tertiary/aromatic N) is 2. The average molecular weight is 323 g/mol. The molecule has 0 spiro atoms. The summed E-state index contributed by atoms with van der Waals surface area (Å²) >= 11 is 0. The number of urea groups is 1. The third kappa shape index (κ3) is 3.80. The van der Waals surface area contributed by atoms with Crippen LogP contribution in [-0.2, 0) is 0 Å². The lowest BCUT2D eigenvalue weighted by Gasteiger charge is -2.40. The van der Waals surface area contributed by atoms with E-state index in [2.05, 4.69) is 10.2 Å². The Bertz CT molecular complexity index is 533. The van der Waals surface area contributed by atoms with Gasteiger partial charge in [0, 0.05) is 32.2 Å². The first-order valence-corrected chi connectivity index (χ1v) is 8.39. The normalized spacial score (nSPS) is 20.5. The van der Waals surface area contributed by atoms with Crippen LogP contribution >= 0.6 is 0 Å². The average Bonchev–Trinajstić information content (AvgIpc) is 2.59. The van der Waals surface area contributed by atoms with Crippen molar-refractivity contribution in [2.45, 2.75) is 38.1 Å². The Kier molecular flexibility index (Phi) is 5.10. The standard InChI is InChI=1S/C17H23F2N3O/c18-14-7-4-8-15(19)16(14)20-17(23)22-11-9-21(10-12-22)13-5-2-1-3-6-13/h4,7-8,13H,1-3,5-6,9-12H2,(H,20,23). The van der Waals surface area contributed by atoms with Gasteiger partial charge in [0.2, 0.25) is 0 Å². The fraction of sp³-hybridized carbons (Fsp3) is 0.588. The summed E-state index contributed by atoms with van der Waals surface area (Å²) in [5.41, 5.74) is -0.368. The smallest absolute Gasteiger partial charge is 0.322 e. The number of carbonyl (C=O) groups excluding carboxylic acids is 1. The third-order valence-electron chi connectivity index (χ3n) is 4.89. The van der Waals surface area contributed by atoms with Crippen molar-refractivity contribution in [3.05, 3.63) is 29.8 Å². The van der Waals surface area contributed by atoms with Gasteiger partial charge in [0.1, 0.15) is 17.3 Å². The van der Waals surface area contributed by atoms with Crippen molar-refractivity contribution in [2.75, 3.05) is 31.5 Å². The van der Waals surface area contributed by atoms with Gasteiger partial charge in [0.15, 0.2) is 0 Å². The van der Waals surface area contributed by atoms with Crippen LogP contribution in [0.15, 0.2) is 18.2 Å². The van der Waals surface area contributed by atoms with E-state index < -0.39 is 17.7 Å². The molecule has 2 amide bonds. The van der Waals surface area contributed by atoms with Crippen LogP contribution in [0.1, 0.15) is 32.1 Å². The molecule has 0 unspecified atom stereocenters. The van der Waals surface area contributed by atoms with Crippen LogP contribution in [0.3, 0.4) is 0 Å². The molecule has 0 atom stereocenters. The molecule has 1 heterocycles. The summed E-state index contributed by atoms with van der Waals surface area (Å²) < 4.78 is 27.2. The summed E-state index contributed by atoms with van der Waals surface area (Å²) in [6, 6.07) is 3.76. The number of hydrogen-bond donors (Lipinski definition) is 1. The molecule has 1 aromatic carbocycles. The fourth-order valence-electron chi connectivity index (χ4n) is 3.54. The quantitative estimate of drug-likeness (QED) is 0.905. The monoisotopic (exact) mass is 323 g/mol. The largest absolute Gasteiger partial charge is 0.322 e. The lowest BCUT2D eigenvalue weighted by Crippen LogP contribution is -2.53. The number of anilines is 1. The van der Waals surface area contributed by atoms with Gasteiger partial charge in [-0.25, -0.2) is 13.6 Å². The molecule has 0 radical (unpaired) electrons. The highest BCUT2D eigenvalue weighted by molar-refractivity contribution is 5.89. The van der Waals surface area contributed by atoms with Crippen molar-refractivity contribution >= 4 is 11.7 Å². The Morgan fingerprint density at radius 3 is 2.22 bits per heavy atom. The van der Waals surface area contributed by atoms with Gasteiger partial charge in [-0.2, -0.15) is 0 Å². The molecule has 6 heteroatoms. The van der Waals surface area contributed by atoms with E-state index in [9.17, 15) is 13.6 Å². The first kappa shape index (κ1) is 16.2. The van der Waals surface area contributed by atoms with Crippen molar-refractivity contribution < 1.29 is 13.6 Å². The molecule has 0 aromatic heterocycles. The second kappa shape index (κ2) is 7.25. The highest BCUT2D eigenvalue weighted by Crippen LogP contribution is 2.24. The van der Waals surface area contributed by atoms with Crippen LogP contribution < -0.4 is 5.32 Å². The summed E-state index contributed by atoms with van der Waals surface area (Å²) in [5, 5.41) is 2.36. The first-order chi connectivity index (χ1) is 11.1. The summed E-state index contributed by atoms with van der Waals surface area (Å²) in [6.45, 7) is 2.85. The SMILES string of the molecule is O=C(Nc1c(F)cccc1F)N1CCN(C2CCCCC2)CC1. The number of piperazine rings is 1. The minimum atomic E-state index is -0.751. The minimum Gasteiger partial charge on any atom is -0.322 e. The second-order valence-electron chi connectivity index (χ2n) is 6.34. The summed E-state index contributed by atoms with van der Waals surface area (Å²) in [6.07, 6.45) is 6.39. The lowest BCUT2D eigenvalue weighted by atomic mass is 9.94. The molecular formula is C17H23F2N3O. The number of carbonyl (C=O) groups is 1. The van der Waals surface area contributed by atoms with Crippen molar-refractivity contribution in [2.24, 2.45) is 0 Å². The van der Waals surface area contributed by atoms with Gasteiger partial charge >= 0.3 is 6.03 Å². The van der Waals surface area contributed by atoms with Crippen molar-refractivity contribution in [1.82, 2.24) is 9.80 Å². The molecule has 23 heavy (non-hydrogen) atoms. The highest BCUT2D eigenvalue weighted by atomic mass is 19.1. The van der Waals surface area contributed by atoms with Gasteiger partial charge in [-0.15, -0.1) is 0 Å². The molecule has 1 aliphatic heterocycles. The third-order valence-corrected chi connectivity index (χ3v) is 4.89. The van der Waals surface area contributed by atoms with E-state index in [0.29, 0.717) is 19.1 Å². The summed E-state index contributed by atoms with van der Waals surface area (Å²) in [4.78, 5) is 16.3. The Morgan fingerprint density at radius 1 is 1.00 bits per heavy atom. The van der Waals surface area contributed by atoms with Gasteiger partial charge < -0.3 is 10.2 Å². The minimum absolute atomic E-state index is 0.368. The Hall–Kier alpha value is -1.69. The van der Waals surface area contributed by atoms with Gasteiger partial charge in [0.05, 0.1) is 0 Å². The molecule has 2 aliphatic rings. The molecule has 4 nitrogen and oxygen atoms in total. The van der Waals surface area contributed by atoms with Crippen molar-refractivity contribution in [1.29, 1.82) is 0 Å². The van der Waals surface area contributed by atoms with E-state index in [-0.39, 0.29) is 5.69 Å². The fourth-order valence-corrected chi connectivity index (χ4v) is 3.54. The van der Waals surface area contributed by atoms with E-state index in [4.69, 9.17) is 0 Å². The van der Waals surface area contributed by atoms with E-state index in [1.807, 2.05) is 0 Å². The van der Waals surface area contributed by atoms with E-state index in [0.717, 1.165) is 25.2 Å². The summed E-state index contributed by atoms with van der Waals surface area (Å²) in [7, 11) is 0. The zero-order valence-electron chi connectivity index (χ0n) is 13.2. The predicted octanol–water partition coefficient (Wildman–Crippen LogP) is 3.45. The van der Waals surface area contributed by atoms with Crippen LogP contribution in [0.4, 0.5) is 19.3 Å². The number of halogens is 2. The molecule has 1 aromatic rings. The van der Waals surface area contributed by atoms with E-state index >= 15 is 0 Å². The maximum Gasteiger partial charge on any atom is 0.322 e. The van der Waals surface area contributed by atoms with Crippen LogP contribution in [-0.4, -0.2) is 48.1 Å². The van der Waals surface area contributed by atoms with Gasteiger partial charge in [-0.05, 0) is 25.0 Å². The molecular weight excluding hydrogens is 300 g/mol. The topological polar surface area (TPSA) is 35.6 Å². The zero-order valence-corrected chi connectivity index (χ0v) is 13.2. The van der Waals surface area contributed by atoms with Crippen LogP contribution in [0, 0.1) is 11.6 Å². The van der Waals surface area contributed by atoms with Gasteiger partial charge in [-0.1, -0.05) is 25.3 Å². The van der Waals surface area contributed by atoms with E-state index in [1.54, 1.807) is 4.90 Å². The maximum absolute atomic E-state index is 13.6. The van der Waals surface area contributed by atoms with Gasteiger partial charge in [0.25, 0.3) is 0 Å². The summed E-state index contributed by atoms with van der Waals surface area (Å²) in [5.74, 6) is -1.50. The van der Waals surface area contributed by atoms with Crippen molar-refractivity contribution in [3.63, 3.8) is 0 Å². The molecule has 1 saturated heterocycles. The number of hydrogen-bond acceptors (Lipinski definition) is 2. The Labute approximate surface area is 135 Å². The number of para-hydroxylation sites is 1. The van der Waals surface area contributed by atoms with Gasteiger partial charge in [-0.3, -0.25) is 4.90 Å². The number of amides is 2. The predicted molar refractivity (Wildman–Crippen MR) is 85.4 cm³/mol. The van der Waals surface area contributed by atoms with Crippen LogP contribution in [0.25, 0.3) is 0 Å². The first-order valence-electron chi connectivity index (χ1n) is 8.39. The molecule has 0 bridgehead atoms. The van der Waals surface area contributed by atoms with Crippen molar-refractivity contribution in [3.8, 4) is 0 Å². The Balaban J connectivity index is 1.54. The number of benzene rings is 1. The Morgan fingerprint density at radius 2 is 1.61 bits per heavy atom. The van der Waals surface area contributed by atoms with Crippen LogP contribution in [0.5, 0.6) is 0 Å². The molecule has 126 valence electrons. The highest BCUT2D eigenvalue weighted by Gasteiger charge is 2.27. The maximum atomic E-state index is 13.6. The molecule has 2 fully saturated rings. The number of rotatable bonds is 2. The molecule has 3 rings (SSSR count). The lowest BCUT2D eigenvalue weighted by molar-refractivity contribution is 0.0942. The second-order valence-corrected chi connectivity index (χ2v) is 6.34. The molecule has 1 N–H and O–H groups in total.